The van der Waals surface area contributed by atoms with E-state index < -0.39 is 0 Å². The van der Waals surface area contributed by atoms with Gasteiger partial charge in [0.25, 0.3) is 0 Å². The molecule has 182 valence electrons. The first-order valence-corrected chi connectivity index (χ1v) is 12.2. The number of benzene rings is 3. The molecule has 0 bridgehead atoms. The fraction of sp³-hybridized carbons (Fsp3) is 0.414. The number of nitrogens with zero attached hydrogens (tertiary/aromatic N) is 1. The topological polar surface area (TPSA) is 50.8 Å². The summed E-state index contributed by atoms with van der Waals surface area (Å²) in [6.45, 7) is 6.84. The van der Waals surface area contributed by atoms with Crippen LogP contribution in [-0.2, 0) is 4.74 Å². The van der Waals surface area contributed by atoms with Gasteiger partial charge in [0.1, 0.15) is 5.75 Å². The first kappa shape index (κ1) is 25.9. The Hall–Kier alpha value is -2.73. The van der Waals surface area contributed by atoms with Gasteiger partial charge in [0, 0.05) is 37.5 Å². The minimum atomic E-state index is -0.0578. The van der Waals surface area contributed by atoms with Crippen LogP contribution in [0.4, 0.5) is 0 Å². The summed E-state index contributed by atoms with van der Waals surface area (Å²) < 4.78 is 12.2. The van der Waals surface area contributed by atoms with Gasteiger partial charge in [0.2, 0.25) is 0 Å². The van der Waals surface area contributed by atoms with E-state index >= 15 is 0 Å². The molecule has 0 spiro atoms. The first-order valence-electron chi connectivity index (χ1n) is 12.2. The van der Waals surface area contributed by atoms with Crippen molar-refractivity contribution in [3.8, 4) is 5.75 Å². The Morgan fingerprint density at radius 2 is 1.74 bits per heavy atom. The molecule has 0 radical (unpaired) electrons. The highest BCUT2D eigenvalue weighted by atomic mass is 16.5. The van der Waals surface area contributed by atoms with Crippen molar-refractivity contribution < 1.29 is 14.3 Å². The molecule has 34 heavy (non-hydrogen) atoms. The maximum atomic E-state index is 13.2. The molecule has 3 rings (SSSR count). The third-order valence-electron chi connectivity index (χ3n) is 5.92. The van der Waals surface area contributed by atoms with E-state index in [0.29, 0.717) is 37.5 Å². The highest BCUT2D eigenvalue weighted by molar-refractivity contribution is 6.05. The SMILES string of the molecule is CCOC(c1ccccc1)C(C)NCCC(=O)c1ccc2ccccc2c1OCCCN(C)C. The van der Waals surface area contributed by atoms with Gasteiger partial charge >= 0.3 is 0 Å². The third kappa shape index (κ3) is 7.13. The number of hydrogen-bond donors (Lipinski definition) is 1. The monoisotopic (exact) mass is 462 g/mol. The lowest BCUT2D eigenvalue weighted by Gasteiger charge is -2.25. The zero-order valence-electron chi connectivity index (χ0n) is 20.9. The molecule has 2 unspecified atom stereocenters. The average molecular weight is 463 g/mol. The van der Waals surface area contributed by atoms with Crippen LogP contribution in [0.2, 0.25) is 0 Å². The van der Waals surface area contributed by atoms with Gasteiger partial charge in [-0.05, 0) is 51.4 Å². The van der Waals surface area contributed by atoms with Crippen LogP contribution in [0.15, 0.2) is 66.7 Å². The average Bonchev–Trinajstić information content (AvgIpc) is 2.85. The Balaban J connectivity index is 1.67. The van der Waals surface area contributed by atoms with Crippen molar-refractivity contribution >= 4 is 16.6 Å². The fourth-order valence-corrected chi connectivity index (χ4v) is 4.18. The van der Waals surface area contributed by atoms with Gasteiger partial charge in [-0.15, -0.1) is 0 Å². The predicted octanol–water partition coefficient (Wildman–Crippen LogP) is 5.50. The predicted molar refractivity (Wildman–Crippen MR) is 140 cm³/mol. The maximum Gasteiger partial charge on any atom is 0.167 e. The van der Waals surface area contributed by atoms with E-state index in [9.17, 15) is 4.79 Å². The maximum absolute atomic E-state index is 13.2. The van der Waals surface area contributed by atoms with Crippen molar-refractivity contribution in [1.29, 1.82) is 0 Å². The molecule has 1 N–H and O–H groups in total. The molecule has 5 heteroatoms. The van der Waals surface area contributed by atoms with Crippen molar-refractivity contribution in [3.63, 3.8) is 0 Å². The molecule has 0 aromatic heterocycles. The van der Waals surface area contributed by atoms with E-state index in [1.54, 1.807) is 0 Å². The Morgan fingerprint density at radius 1 is 1.00 bits per heavy atom. The molecule has 3 aromatic rings. The minimum absolute atomic E-state index is 0.0578. The molecule has 0 heterocycles. The summed E-state index contributed by atoms with van der Waals surface area (Å²) in [5, 5.41) is 5.56. The number of nitrogens with one attached hydrogen (secondary N) is 1. The summed E-state index contributed by atoms with van der Waals surface area (Å²) >= 11 is 0. The van der Waals surface area contributed by atoms with Crippen molar-refractivity contribution in [1.82, 2.24) is 10.2 Å². The van der Waals surface area contributed by atoms with Crippen molar-refractivity contribution in [2.24, 2.45) is 0 Å². The second-order valence-electron chi connectivity index (χ2n) is 8.87. The summed E-state index contributed by atoms with van der Waals surface area (Å²) in [7, 11) is 4.10. The van der Waals surface area contributed by atoms with Crippen LogP contribution in [0.1, 0.15) is 48.7 Å². The quantitative estimate of drug-likeness (QED) is 0.253. The number of Topliss-reactive ketones (excluding diaryl/α,β-unsaturated/α-hetero) is 1. The number of carbonyl (C=O) groups excluding carboxylic acids is 1. The number of ether oxygens (including phenoxy) is 2. The van der Waals surface area contributed by atoms with E-state index in [2.05, 4.69) is 49.4 Å². The van der Waals surface area contributed by atoms with E-state index in [1.165, 1.54) is 0 Å². The minimum Gasteiger partial charge on any atom is -0.492 e. The van der Waals surface area contributed by atoms with Crippen molar-refractivity contribution in [3.05, 3.63) is 77.9 Å². The van der Waals surface area contributed by atoms with Gasteiger partial charge in [-0.1, -0.05) is 60.7 Å². The summed E-state index contributed by atoms with van der Waals surface area (Å²) in [6.07, 6.45) is 1.24. The van der Waals surface area contributed by atoms with Gasteiger partial charge in [0.05, 0.1) is 18.3 Å². The zero-order chi connectivity index (χ0) is 24.3. The molecule has 5 nitrogen and oxygen atoms in total. The molecule has 0 saturated heterocycles. The van der Waals surface area contributed by atoms with Crippen LogP contribution in [-0.4, -0.2) is 57.1 Å². The molecule has 0 aliphatic heterocycles. The number of carbonyl (C=O) groups is 1. The summed E-state index contributed by atoms with van der Waals surface area (Å²) in [5.74, 6) is 0.784. The fourth-order valence-electron chi connectivity index (χ4n) is 4.18. The molecule has 2 atom stereocenters. The van der Waals surface area contributed by atoms with Crippen LogP contribution in [0.25, 0.3) is 10.8 Å². The Morgan fingerprint density at radius 3 is 2.47 bits per heavy atom. The number of fused-ring (bicyclic) bond motifs is 1. The van der Waals surface area contributed by atoms with E-state index in [0.717, 1.165) is 29.3 Å². The van der Waals surface area contributed by atoms with Gasteiger partial charge in [-0.2, -0.15) is 0 Å². The first-order chi connectivity index (χ1) is 16.5. The van der Waals surface area contributed by atoms with Gasteiger partial charge in [-0.3, -0.25) is 4.79 Å². The highest BCUT2D eigenvalue weighted by Crippen LogP contribution is 2.31. The Bertz CT molecular complexity index is 1040. The van der Waals surface area contributed by atoms with Crippen LogP contribution >= 0.6 is 0 Å². The standard InChI is InChI=1S/C29H38N2O3/c1-5-33-28(24-13-7-6-8-14-24)22(2)30-19-18-27(32)26-17-16-23-12-9-10-15-25(23)29(26)34-21-11-20-31(3)4/h6-10,12-17,22,28,30H,5,11,18-21H2,1-4H3. The molecule has 0 amide bonds. The number of ketones is 1. The van der Waals surface area contributed by atoms with Crippen LogP contribution < -0.4 is 10.1 Å². The second kappa shape index (κ2) is 13.2. The smallest absolute Gasteiger partial charge is 0.167 e. The van der Waals surface area contributed by atoms with Crippen molar-refractivity contribution in [2.45, 2.75) is 38.8 Å². The highest BCUT2D eigenvalue weighted by Gasteiger charge is 2.20. The van der Waals surface area contributed by atoms with Crippen LogP contribution in [0.5, 0.6) is 5.75 Å². The Kier molecular flexibility index (Phi) is 10.1. The van der Waals surface area contributed by atoms with Crippen LogP contribution in [0, 0.1) is 0 Å². The molecule has 0 saturated carbocycles. The van der Waals surface area contributed by atoms with Crippen molar-refractivity contribution in [2.75, 3.05) is 40.4 Å². The lowest BCUT2D eigenvalue weighted by atomic mass is 10.0. The number of hydrogen-bond acceptors (Lipinski definition) is 5. The lowest BCUT2D eigenvalue weighted by molar-refractivity contribution is 0.0378. The molecule has 3 aromatic carbocycles. The zero-order valence-corrected chi connectivity index (χ0v) is 20.9. The Labute approximate surface area is 204 Å². The van der Waals surface area contributed by atoms with E-state index in [-0.39, 0.29) is 17.9 Å². The second-order valence-corrected chi connectivity index (χ2v) is 8.87. The molecular formula is C29H38N2O3. The summed E-state index contributed by atoms with van der Waals surface area (Å²) in [6, 6.07) is 22.3. The summed E-state index contributed by atoms with van der Waals surface area (Å²) in [5.41, 5.74) is 1.79. The lowest BCUT2D eigenvalue weighted by Crippen LogP contribution is -2.35. The molecular weight excluding hydrogens is 424 g/mol. The largest absolute Gasteiger partial charge is 0.492 e. The normalized spacial score (nSPS) is 13.2. The molecule has 0 aliphatic carbocycles. The third-order valence-corrected chi connectivity index (χ3v) is 5.92. The summed E-state index contributed by atoms with van der Waals surface area (Å²) in [4.78, 5) is 15.4. The van der Waals surface area contributed by atoms with E-state index in [1.807, 2.05) is 55.5 Å². The molecule has 0 aliphatic rings. The van der Waals surface area contributed by atoms with E-state index in [4.69, 9.17) is 9.47 Å². The van der Waals surface area contributed by atoms with Gasteiger partial charge in [-0.25, -0.2) is 0 Å². The molecule has 0 fully saturated rings. The van der Waals surface area contributed by atoms with Gasteiger partial charge in [0.15, 0.2) is 5.78 Å². The number of rotatable bonds is 14. The van der Waals surface area contributed by atoms with Crippen LogP contribution in [0.3, 0.4) is 0 Å². The van der Waals surface area contributed by atoms with Gasteiger partial charge < -0.3 is 19.7 Å².